The number of hydrogen-bond donors (Lipinski definition) is 1. The third kappa shape index (κ3) is 4.60. The van der Waals surface area contributed by atoms with Crippen molar-refractivity contribution in [3.63, 3.8) is 0 Å². The van der Waals surface area contributed by atoms with Crippen molar-refractivity contribution in [2.75, 3.05) is 13.2 Å². The summed E-state index contributed by atoms with van der Waals surface area (Å²) < 4.78 is 5.58. The zero-order valence-electron chi connectivity index (χ0n) is 9.59. The van der Waals surface area contributed by atoms with Gasteiger partial charge in [0.15, 0.2) is 0 Å². The molecule has 0 aliphatic heterocycles. The predicted octanol–water partition coefficient (Wildman–Crippen LogP) is 3.75. The number of halogens is 2. The van der Waals surface area contributed by atoms with Crippen molar-refractivity contribution in [1.82, 2.24) is 0 Å². The lowest BCUT2D eigenvalue weighted by Gasteiger charge is -2.22. The molecule has 1 rings (SSSR count). The second-order valence-electron chi connectivity index (χ2n) is 4.57. The van der Waals surface area contributed by atoms with E-state index < -0.39 is 0 Å². The molecule has 0 unspecified atom stereocenters. The molecular weight excluding hydrogens is 245 g/mol. The fraction of sp³-hybridized carbons (Fsp3) is 0.500. The van der Waals surface area contributed by atoms with E-state index in [9.17, 15) is 0 Å². The van der Waals surface area contributed by atoms with Gasteiger partial charge in [-0.3, -0.25) is 0 Å². The Bertz CT molecular complexity index is 333. The van der Waals surface area contributed by atoms with Crippen molar-refractivity contribution in [2.24, 2.45) is 11.1 Å². The van der Waals surface area contributed by atoms with Crippen molar-refractivity contribution in [1.29, 1.82) is 0 Å². The highest BCUT2D eigenvalue weighted by Gasteiger charge is 2.15. The van der Waals surface area contributed by atoms with Crippen LogP contribution in [0.2, 0.25) is 10.0 Å². The van der Waals surface area contributed by atoms with Gasteiger partial charge in [0.05, 0.1) is 6.61 Å². The zero-order valence-corrected chi connectivity index (χ0v) is 11.1. The van der Waals surface area contributed by atoms with Gasteiger partial charge in [-0.2, -0.15) is 0 Å². The minimum Gasteiger partial charge on any atom is -0.493 e. The Kier molecular flexibility index (Phi) is 4.90. The largest absolute Gasteiger partial charge is 0.493 e. The number of nitrogens with two attached hydrogens (primary N) is 1. The van der Waals surface area contributed by atoms with Crippen molar-refractivity contribution in [2.45, 2.75) is 20.3 Å². The number of benzene rings is 1. The maximum atomic E-state index is 5.86. The summed E-state index contributed by atoms with van der Waals surface area (Å²) >= 11 is 11.7. The maximum absolute atomic E-state index is 5.86. The first-order chi connectivity index (χ1) is 7.43. The Morgan fingerprint density at radius 1 is 1.19 bits per heavy atom. The first-order valence-electron chi connectivity index (χ1n) is 5.22. The number of ether oxygens (including phenoxy) is 1. The molecule has 0 spiro atoms. The molecule has 1 aromatic carbocycles. The summed E-state index contributed by atoms with van der Waals surface area (Å²) in [6.07, 6.45) is 0.896. The number of hydrogen-bond acceptors (Lipinski definition) is 2. The van der Waals surface area contributed by atoms with E-state index in [1.807, 2.05) is 0 Å². The van der Waals surface area contributed by atoms with Crippen LogP contribution in [0.1, 0.15) is 20.3 Å². The molecule has 1 aromatic rings. The van der Waals surface area contributed by atoms with Gasteiger partial charge in [0.2, 0.25) is 0 Å². The summed E-state index contributed by atoms with van der Waals surface area (Å²) in [5.74, 6) is 0.699. The summed E-state index contributed by atoms with van der Waals surface area (Å²) in [6, 6.07) is 5.19. The summed E-state index contributed by atoms with van der Waals surface area (Å²) in [5.41, 5.74) is 5.74. The molecule has 0 saturated carbocycles. The normalized spacial score (nSPS) is 11.6. The summed E-state index contributed by atoms with van der Waals surface area (Å²) in [4.78, 5) is 0. The molecular formula is C12H17Cl2NO. The molecule has 2 N–H and O–H groups in total. The topological polar surface area (TPSA) is 35.2 Å². The first-order valence-corrected chi connectivity index (χ1v) is 5.97. The Balaban J connectivity index is 2.49. The highest BCUT2D eigenvalue weighted by Crippen LogP contribution is 2.25. The quantitative estimate of drug-likeness (QED) is 0.877. The standard InChI is InChI=1S/C12H17Cl2NO/c1-12(2,8-15)3-4-16-11-6-9(13)5-10(14)7-11/h5-7H,3-4,8,15H2,1-2H3. The molecule has 0 aliphatic carbocycles. The second kappa shape index (κ2) is 5.76. The van der Waals surface area contributed by atoms with Gasteiger partial charge in [-0.25, -0.2) is 0 Å². The van der Waals surface area contributed by atoms with Crippen molar-refractivity contribution >= 4 is 23.2 Å². The van der Waals surface area contributed by atoms with Gasteiger partial charge >= 0.3 is 0 Å². The van der Waals surface area contributed by atoms with E-state index in [4.69, 9.17) is 33.7 Å². The Hall–Kier alpha value is -0.440. The van der Waals surface area contributed by atoms with Gasteiger partial charge in [-0.15, -0.1) is 0 Å². The molecule has 0 aliphatic rings. The van der Waals surface area contributed by atoms with Crippen LogP contribution in [0.5, 0.6) is 5.75 Å². The van der Waals surface area contributed by atoms with E-state index >= 15 is 0 Å². The van der Waals surface area contributed by atoms with Crippen LogP contribution in [0.25, 0.3) is 0 Å². The van der Waals surface area contributed by atoms with Gasteiger partial charge < -0.3 is 10.5 Å². The van der Waals surface area contributed by atoms with E-state index in [2.05, 4.69) is 13.8 Å². The van der Waals surface area contributed by atoms with Gasteiger partial charge in [0.1, 0.15) is 5.75 Å². The van der Waals surface area contributed by atoms with Crippen LogP contribution in [0.15, 0.2) is 18.2 Å². The van der Waals surface area contributed by atoms with Crippen LogP contribution >= 0.6 is 23.2 Å². The van der Waals surface area contributed by atoms with Crippen LogP contribution < -0.4 is 10.5 Å². The summed E-state index contributed by atoms with van der Waals surface area (Å²) in [5, 5.41) is 1.17. The highest BCUT2D eigenvalue weighted by molar-refractivity contribution is 6.34. The van der Waals surface area contributed by atoms with Crippen LogP contribution in [0, 0.1) is 5.41 Å². The smallest absolute Gasteiger partial charge is 0.122 e. The minimum absolute atomic E-state index is 0.0996. The molecule has 0 heterocycles. The van der Waals surface area contributed by atoms with Gasteiger partial charge in [-0.1, -0.05) is 37.0 Å². The van der Waals surface area contributed by atoms with E-state index in [1.165, 1.54) is 0 Å². The predicted molar refractivity (Wildman–Crippen MR) is 69.4 cm³/mol. The molecule has 0 bridgehead atoms. The lowest BCUT2D eigenvalue weighted by molar-refractivity contribution is 0.233. The van der Waals surface area contributed by atoms with Gasteiger partial charge in [0, 0.05) is 10.0 Å². The third-order valence-corrected chi connectivity index (χ3v) is 2.87. The number of rotatable bonds is 5. The molecule has 0 radical (unpaired) electrons. The SMILES string of the molecule is CC(C)(CN)CCOc1cc(Cl)cc(Cl)c1. The fourth-order valence-corrected chi connectivity index (χ4v) is 1.67. The third-order valence-electron chi connectivity index (χ3n) is 2.44. The molecule has 0 amide bonds. The Labute approximate surface area is 107 Å². The van der Waals surface area contributed by atoms with E-state index in [0.717, 1.165) is 6.42 Å². The maximum Gasteiger partial charge on any atom is 0.122 e. The lowest BCUT2D eigenvalue weighted by atomic mass is 9.90. The molecule has 0 atom stereocenters. The molecule has 0 saturated heterocycles. The summed E-state index contributed by atoms with van der Waals surface area (Å²) in [7, 11) is 0. The van der Waals surface area contributed by atoms with Crippen molar-refractivity contribution < 1.29 is 4.74 Å². The molecule has 90 valence electrons. The first kappa shape index (κ1) is 13.6. The van der Waals surface area contributed by atoms with Crippen LogP contribution in [-0.4, -0.2) is 13.2 Å². The second-order valence-corrected chi connectivity index (χ2v) is 5.44. The lowest BCUT2D eigenvalue weighted by Crippen LogP contribution is -2.25. The molecule has 16 heavy (non-hydrogen) atoms. The van der Waals surface area contributed by atoms with E-state index in [0.29, 0.717) is 28.9 Å². The highest BCUT2D eigenvalue weighted by atomic mass is 35.5. The van der Waals surface area contributed by atoms with Crippen LogP contribution in [0.4, 0.5) is 0 Å². The Morgan fingerprint density at radius 2 is 1.75 bits per heavy atom. The average Bonchev–Trinajstić information content (AvgIpc) is 2.16. The van der Waals surface area contributed by atoms with Crippen molar-refractivity contribution in [3.05, 3.63) is 28.2 Å². The van der Waals surface area contributed by atoms with Crippen molar-refractivity contribution in [3.8, 4) is 5.75 Å². The van der Waals surface area contributed by atoms with Crippen LogP contribution in [-0.2, 0) is 0 Å². The van der Waals surface area contributed by atoms with Gasteiger partial charge in [0.25, 0.3) is 0 Å². The molecule has 2 nitrogen and oxygen atoms in total. The monoisotopic (exact) mass is 261 g/mol. The van der Waals surface area contributed by atoms with E-state index in [1.54, 1.807) is 18.2 Å². The average molecular weight is 262 g/mol. The minimum atomic E-state index is 0.0996. The van der Waals surface area contributed by atoms with E-state index in [-0.39, 0.29) is 5.41 Å². The van der Waals surface area contributed by atoms with Crippen LogP contribution in [0.3, 0.4) is 0 Å². The Morgan fingerprint density at radius 3 is 2.25 bits per heavy atom. The molecule has 0 aromatic heterocycles. The summed E-state index contributed by atoms with van der Waals surface area (Å²) in [6.45, 7) is 5.48. The fourth-order valence-electron chi connectivity index (χ4n) is 1.16. The van der Waals surface area contributed by atoms with Gasteiger partial charge in [-0.05, 0) is 36.6 Å². The zero-order chi connectivity index (χ0) is 12.2. The molecule has 4 heteroatoms. The molecule has 0 fully saturated rings.